The first-order valence-corrected chi connectivity index (χ1v) is 10.8. The summed E-state index contributed by atoms with van der Waals surface area (Å²) in [5.41, 5.74) is 1.96. The van der Waals surface area contributed by atoms with Crippen molar-refractivity contribution in [2.24, 2.45) is 0 Å². The van der Waals surface area contributed by atoms with Crippen LogP contribution in [-0.4, -0.2) is 77.0 Å². The van der Waals surface area contributed by atoms with Gasteiger partial charge in [0, 0.05) is 26.2 Å². The molecular formula is C23H29FN6O2. The first kappa shape index (κ1) is 22.2. The van der Waals surface area contributed by atoms with Crippen LogP contribution in [0.3, 0.4) is 0 Å². The number of tetrazole rings is 1. The zero-order chi connectivity index (χ0) is 22.5. The molecule has 1 atom stereocenters. The van der Waals surface area contributed by atoms with Gasteiger partial charge in [-0.25, -0.2) is 9.07 Å². The minimum atomic E-state index is -0.261. The smallest absolute Gasteiger partial charge is 0.173 e. The lowest BCUT2D eigenvalue weighted by atomic mass is 10.0. The van der Waals surface area contributed by atoms with E-state index < -0.39 is 0 Å². The summed E-state index contributed by atoms with van der Waals surface area (Å²) in [7, 11) is 3.26. The summed E-state index contributed by atoms with van der Waals surface area (Å²) < 4.78 is 26.1. The molecule has 0 bridgehead atoms. The summed E-state index contributed by atoms with van der Waals surface area (Å²) in [4.78, 5) is 4.84. The number of benzene rings is 2. The minimum absolute atomic E-state index is 0.149. The largest absolute Gasteiger partial charge is 0.493 e. The average Bonchev–Trinajstić information content (AvgIpc) is 3.28. The number of aromatic nitrogens is 4. The van der Waals surface area contributed by atoms with Crippen molar-refractivity contribution in [2.45, 2.75) is 19.5 Å². The Labute approximate surface area is 187 Å². The molecule has 2 aromatic carbocycles. The fraction of sp³-hybridized carbons (Fsp3) is 0.435. The monoisotopic (exact) mass is 440 g/mol. The van der Waals surface area contributed by atoms with E-state index >= 15 is 0 Å². The van der Waals surface area contributed by atoms with Gasteiger partial charge in [0.15, 0.2) is 17.3 Å². The molecule has 32 heavy (non-hydrogen) atoms. The SMILES string of the molecule is CCN1CCN([C@@H](c2ccc(OC)c(OC)c2)c2nnnn2Cc2ccc(F)cc2)CC1. The van der Waals surface area contributed by atoms with E-state index in [0.29, 0.717) is 18.0 Å². The molecule has 0 aliphatic carbocycles. The van der Waals surface area contributed by atoms with Gasteiger partial charge in [0.1, 0.15) is 5.82 Å². The lowest BCUT2D eigenvalue weighted by molar-refractivity contribution is 0.108. The summed E-state index contributed by atoms with van der Waals surface area (Å²) in [5.74, 6) is 1.82. The molecule has 0 spiro atoms. The molecule has 1 saturated heterocycles. The molecule has 4 rings (SSSR count). The van der Waals surface area contributed by atoms with Crippen molar-refractivity contribution in [2.75, 3.05) is 46.9 Å². The van der Waals surface area contributed by atoms with Gasteiger partial charge < -0.3 is 14.4 Å². The quantitative estimate of drug-likeness (QED) is 0.533. The van der Waals surface area contributed by atoms with Crippen molar-refractivity contribution in [1.29, 1.82) is 0 Å². The molecule has 0 radical (unpaired) electrons. The van der Waals surface area contributed by atoms with Gasteiger partial charge in [-0.2, -0.15) is 0 Å². The molecule has 0 N–H and O–H groups in total. The zero-order valence-electron chi connectivity index (χ0n) is 18.7. The van der Waals surface area contributed by atoms with Crippen LogP contribution < -0.4 is 9.47 Å². The van der Waals surface area contributed by atoms with Gasteiger partial charge in [0.2, 0.25) is 0 Å². The van der Waals surface area contributed by atoms with Crippen LogP contribution in [-0.2, 0) is 6.54 Å². The second-order valence-electron chi connectivity index (χ2n) is 7.81. The van der Waals surface area contributed by atoms with E-state index in [-0.39, 0.29) is 11.9 Å². The molecule has 170 valence electrons. The molecule has 1 aromatic heterocycles. The van der Waals surface area contributed by atoms with Crippen molar-refractivity contribution in [3.05, 3.63) is 65.2 Å². The highest BCUT2D eigenvalue weighted by atomic mass is 19.1. The lowest BCUT2D eigenvalue weighted by Gasteiger charge is -2.38. The number of nitrogens with zero attached hydrogens (tertiary/aromatic N) is 6. The molecule has 3 aromatic rings. The van der Waals surface area contributed by atoms with E-state index in [2.05, 4.69) is 32.2 Å². The maximum atomic E-state index is 13.4. The highest BCUT2D eigenvalue weighted by Crippen LogP contribution is 2.35. The molecule has 9 heteroatoms. The third kappa shape index (κ3) is 4.73. The van der Waals surface area contributed by atoms with E-state index in [0.717, 1.165) is 49.7 Å². The van der Waals surface area contributed by atoms with Crippen LogP contribution in [0.5, 0.6) is 11.5 Å². The van der Waals surface area contributed by atoms with E-state index in [9.17, 15) is 4.39 Å². The van der Waals surface area contributed by atoms with Crippen molar-refractivity contribution in [1.82, 2.24) is 30.0 Å². The van der Waals surface area contributed by atoms with Gasteiger partial charge in [-0.3, -0.25) is 4.90 Å². The van der Waals surface area contributed by atoms with E-state index in [1.807, 2.05) is 18.2 Å². The third-order valence-electron chi connectivity index (χ3n) is 5.99. The summed E-state index contributed by atoms with van der Waals surface area (Å²) in [6.07, 6.45) is 0. The summed E-state index contributed by atoms with van der Waals surface area (Å²) in [6, 6.07) is 12.2. The van der Waals surface area contributed by atoms with Gasteiger partial charge in [-0.1, -0.05) is 25.1 Å². The van der Waals surface area contributed by atoms with Crippen molar-refractivity contribution >= 4 is 0 Å². The summed E-state index contributed by atoms with van der Waals surface area (Å²) in [6.45, 7) is 7.45. The van der Waals surface area contributed by atoms with Gasteiger partial charge in [0.05, 0.1) is 26.8 Å². The van der Waals surface area contributed by atoms with Crippen molar-refractivity contribution in [3.63, 3.8) is 0 Å². The lowest BCUT2D eigenvalue weighted by Crippen LogP contribution is -2.48. The number of likely N-dealkylation sites (N-methyl/N-ethyl adjacent to an activating group) is 1. The van der Waals surface area contributed by atoms with Gasteiger partial charge in [-0.05, 0) is 52.4 Å². The Kier molecular flexibility index (Phi) is 6.96. The molecule has 0 amide bonds. The molecule has 8 nitrogen and oxygen atoms in total. The van der Waals surface area contributed by atoms with Crippen LogP contribution >= 0.6 is 0 Å². The standard InChI is InChI=1S/C23H29FN6O2/c1-4-28-11-13-29(14-12-28)22(18-7-10-20(31-2)21(15-18)32-3)23-25-26-27-30(23)16-17-5-8-19(24)9-6-17/h5-10,15,22H,4,11-14,16H2,1-3H3/t22-/m0/s1. The maximum Gasteiger partial charge on any atom is 0.173 e. The number of hydrogen-bond donors (Lipinski definition) is 0. The number of piperazine rings is 1. The molecule has 1 aliphatic rings. The predicted molar refractivity (Wildman–Crippen MR) is 118 cm³/mol. The van der Waals surface area contributed by atoms with Gasteiger partial charge >= 0.3 is 0 Å². The minimum Gasteiger partial charge on any atom is -0.493 e. The molecule has 2 heterocycles. The molecule has 0 saturated carbocycles. The Bertz CT molecular complexity index is 1020. The number of ether oxygens (including phenoxy) is 2. The number of hydrogen-bond acceptors (Lipinski definition) is 7. The van der Waals surface area contributed by atoms with Crippen molar-refractivity contribution < 1.29 is 13.9 Å². The molecule has 1 fully saturated rings. The summed E-state index contributed by atoms with van der Waals surface area (Å²) in [5, 5.41) is 12.7. The first-order chi connectivity index (χ1) is 15.6. The maximum absolute atomic E-state index is 13.4. The fourth-order valence-corrected chi connectivity index (χ4v) is 4.17. The predicted octanol–water partition coefficient (Wildman–Crippen LogP) is 2.60. The zero-order valence-corrected chi connectivity index (χ0v) is 18.7. The van der Waals surface area contributed by atoms with Crippen LogP contribution in [0.4, 0.5) is 4.39 Å². The molecule has 1 aliphatic heterocycles. The summed E-state index contributed by atoms with van der Waals surface area (Å²) >= 11 is 0. The second kappa shape index (κ2) is 10.1. The normalized spacial score (nSPS) is 16.1. The van der Waals surface area contributed by atoms with Crippen LogP contribution in [0, 0.1) is 5.82 Å². The number of methoxy groups -OCH3 is 2. The highest BCUT2D eigenvalue weighted by molar-refractivity contribution is 5.45. The average molecular weight is 441 g/mol. The highest BCUT2D eigenvalue weighted by Gasteiger charge is 2.31. The van der Waals surface area contributed by atoms with Crippen LogP contribution in [0.25, 0.3) is 0 Å². The van der Waals surface area contributed by atoms with E-state index in [1.54, 1.807) is 31.0 Å². The Hall–Kier alpha value is -3.04. The van der Waals surface area contributed by atoms with E-state index in [1.165, 1.54) is 12.1 Å². The number of halogens is 1. The molecular weight excluding hydrogens is 411 g/mol. The van der Waals surface area contributed by atoms with Gasteiger partial charge in [0.25, 0.3) is 0 Å². The topological polar surface area (TPSA) is 68.5 Å². The van der Waals surface area contributed by atoms with Gasteiger partial charge in [-0.15, -0.1) is 5.10 Å². The molecule has 0 unspecified atom stereocenters. The second-order valence-corrected chi connectivity index (χ2v) is 7.81. The Morgan fingerprint density at radius 1 is 0.969 bits per heavy atom. The van der Waals surface area contributed by atoms with Crippen molar-refractivity contribution in [3.8, 4) is 11.5 Å². The van der Waals surface area contributed by atoms with E-state index in [4.69, 9.17) is 9.47 Å². The Morgan fingerprint density at radius 2 is 1.69 bits per heavy atom. The van der Waals surface area contributed by atoms with Crippen LogP contribution in [0.15, 0.2) is 42.5 Å². The third-order valence-corrected chi connectivity index (χ3v) is 5.99. The van der Waals surface area contributed by atoms with Crippen LogP contribution in [0.1, 0.15) is 29.9 Å². The Morgan fingerprint density at radius 3 is 2.34 bits per heavy atom. The Balaban J connectivity index is 1.70. The fourth-order valence-electron chi connectivity index (χ4n) is 4.17. The first-order valence-electron chi connectivity index (χ1n) is 10.8. The van der Waals surface area contributed by atoms with Crippen LogP contribution in [0.2, 0.25) is 0 Å². The number of rotatable bonds is 8.